The number of aryl methyl sites for hydroxylation is 1. The minimum absolute atomic E-state index is 0. The van der Waals surface area contributed by atoms with E-state index in [9.17, 15) is 4.79 Å². The normalized spacial score (nSPS) is 24.4. The summed E-state index contributed by atoms with van der Waals surface area (Å²) in [6.07, 6.45) is 4.62. The zero-order valence-corrected chi connectivity index (χ0v) is 14.5. The van der Waals surface area contributed by atoms with Crippen LogP contribution < -0.4 is 5.32 Å². The van der Waals surface area contributed by atoms with Gasteiger partial charge in [0.1, 0.15) is 18.1 Å². The van der Waals surface area contributed by atoms with Gasteiger partial charge in [0.25, 0.3) is 0 Å². The zero-order chi connectivity index (χ0) is 15.5. The maximum absolute atomic E-state index is 11.5. The molecule has 1 aromatic rings. The molecule has 0 radical (unpaired) electrons. The highest BCUT2D eigenvalue weighted by Crippen LogP contribution is 2.41. The molecule has 6 heteroatoms. The van der Waals surface area contributed by atoms with E-state index in [1.165, 1.54) is 12.8 Å². The highest BCUT2D eigenvalue weighted by atomic mass is 35.5. The number of aliphatic hydroxyl groups excluding tert-OH is 1. The Labute approximate surface area is 143 Å². The van der Waals surface area contributed by atoms with E-state index in [0.29, 0.717) is 5.92 Å². The van der Waals surface area contributed by atoms with Crippen molar-refractivity contribution in [3.8, 4) is 0 Å². The maximum atomic E-state index is 11.5. The van der Waals surface area contributed by atoms with Gasteiger partial charge in [-0.2, -0.15) is 0 Å². The second kappa shape index (κ2) is 8.18. The van der Waals surface area contributed by atoms with Gasteiger partial charge in [-0.25, -0.2) is 0 Å². The number of likely N-dealkylation sites (tertiary alicyclic amines) is 1. The van der Waals surface area contributed by atoms with Crippen molar-refractivity contribution in [3.05, 3.63) is 23.7 Å². The van der Waals surface area contributed by atoms with Crippen molar-refractivity contribution >= 4 is 18.3 Å². The molecule has 2 aliphatic rings. The molecule has 3 rings (SSSR count). The summed E-state index contributed by atoms with van der Waals surface area (Å²) in [5.74, 6) is 3.05. The first-order valence-corrected chi connectivity index (χ1v) is 8.39. The molecule has 5 nitrogen and oxygen atoms in total. The molecular formula is C17H27ClN2O3. The Morgan fingerprint density at radius 3 is 2.74 bits per heavy atom. The van der Waals surface area contributed by atoms with E-state index in [0.717, 1.165) is 49.9 Å². The summed E-state index contributed by atoms with van der Waals surface area (Å²) < 4.78 is 5.87. The van der Waals surface area contributed by atoms with Gasteiger partial charge in [-0.05, 0) is 43.2 Å². The standard InChI is InChI=1S/C17H26N2O3.ClH/c1-2-3-13-6-7-14(22-13)8-19-9-15(12-4-5-12)16(10-19)18-17(21)11-20;/h6-7,12,15-16,20H,2-5,8-11H2,1H3,(H,18,21);1H/t15-,16+;/m1./s1. The van der Waals surface area contributed by atoms with E-state index in [-0.39, 0.29) is 24.4 Å². The maximum Gasteiger partial charge on any atom is 0.245 e. The number of amides is 1. The molecule has 0 bridgehead atoms. The Morgan fingerprint density at radius 1 is 1.35 bits per heavy atom. The minimum Gasteiger partial charge on any atom is -0.465 e. The Morgan fingerprint density at radius 2 is 2.09 bits per heavy atom. The molecule has 0 unspecified atom stereocenters. The van der Waals surface area contributed by atoms with Crippen molar-refractivity contribution in [1.29, 1.82) is 0 Å². The molecule has 23 heavy (non-hydrogen) atoms. The second-order valence-corrected chi connectivity index (χ2v) is 6.65. The van der Waals surface area contributed by atoms with Crippen LogP contribution in [-0.2, 0) is 17.8 Å². The molecule has 2 fully saturated rings. The number of hydrogen-bond donors (Lipinski definition) is 2. The van der Waals surface area contributed by atoms with Gasteiger partial charge in [-0.15, -0.1) is 12.4 Å². The molecule has 130 valence electrons. The van der Waals surface area contributed by atoms with Crippen molar-refractivity contribution in [2.45, 2.75) is 45.2 Å². The third-order valence-electron chi connectivity index (χ3n) is 4.75. The summed E-state index contributed by atoms with van der Waals surface area (Å²) in [6.45, 7) is 4.38. The van der Waals surface area contributed by atoms with Crippen LogP contribution in [0, 0.1) is 11.8 Å². The summed E-state index contributed by atoms with van der Waals surface area (Å²) in [6, 6.07) is 4.30. The quantitative estimate of drug-likeness (QED) is 0.795. The Kier molecular flexibility index (Phi) is 6.50. The topological polar surface area (TPSA) is 65.7 Å². The number of nitrogens with one attached hydrogen (secondary N) is 1. The first-order chi connectivity index (χ1) is 10.7. The summed E-state index contributed by atoms with van der Waals surface area (Å²) in [7, 11) is 0. The van der Waals surface area contributed by atoms with Gasteiger partial charge in [0.05, 0.1) is 6.54 Å². The number of rotatable bonds is 7. The Hall–Kier alpha value is -1.04. The fraction of sp³-hybridized carbons (Fsp3) is 0.706. The first-order valence-electron chi connectivity index (χ1n) is 8.39. The van der Waals surface area contributed by atoms with Crippen LogP contribution in [0.5, 0.6) is 0 Å². The second-order valence-electron chi connectivity index (χ2n) is 6.65. The van der Waals surface area contributed by atoms with E-state index in [4.69, 9.17) is 9.52 Å². The van der Waals surface area contributed by atoms with Gasteiger partial charge < -0.3 is 14.8 Å². The first kappa shape index (κ1) is 18.3. The van der Waals surface area contributed by atoms with Crippen molar-refractivity contribution < 1.29 is 14.3 Å². The summed E-state index contributed by atoms with van der Waals surface area (Å²) in [5, 5.41) is 11.9. The summed E-state index contributed by atoms with van der Waals surface area (Å²) in [4.78, 5) is 13.9. The van der Waals surface area contributed by atoms with Crippen molar-refractivity contribution in [2.24, 2.45) is 11.8 Å². The molecule has 1 aliphatic heterocycles. The fourth-order valence-electron chi connectivity index (χ4n) is 3.56. The minimum atomic E-state index is -0.424. The average molecular weight is 343 g/mol. The zero-order valence-electron chi connectivity index (χ0n) is 13.7. The van der Waals surface area contributed by atoms with Gasteiger partial charge in [-0.1, -0.05) is 6.92 Å². The van der Waals surface area contributed by atoms with Gasteiger partial charge in [-0.3, -0.25) is 9.69 Å². The molecule has 2 N–H and O–H groups in total. The van der Waals surface area contributed by atoms with Crippen LogP contribution in [0.25, 0.3) is 0 Å². The smallest absolute Gasteiger partial charge is 0.245 e. The monoisotopic (exact) mass is 342 g/mol. The largest absolute Gasteiger partial charge is 0.465 e. The SMILES string of the molecule is CCCc1ccc(CN2C[C@H](NC(=O)CO)[C@@H](C3CC3)C2)o1.Cl. The van der Waals surface area contributed by atoms with Crippen LogP contribution in [0.2, 0.25) is 0 Å². The molecule has 0 aromatic carbocycles. The predicted molar refractivity (Wildman–Crippen MR) is 90.5 cm³/mol. The van der Waals surface area contributed by atoms with Gasteiger partial charge >= 0.3 is 0 Å². The predicted octanol–water partition coefficient (Wildman–Crippen LogP) is 1.97. The average Bonchev–Trinajstić information content (AvgIpc) is 3.14. The van der Waals surface area contributed by atoms with Crippen LogP contribution in [0.3, 0.4) is 0 Å². The molecule has 1 saturated heterocycles. The van der Waals surface area contributed by atoms with Crippen molar-refractivity contribution in [3.63, 3.8) is 0 Å². The molecule has 1 aliphatic carbocycles. The van der Waals surface area contributed by atoms with E-state index >= 15 is 0 Å². The molecule has 1 saturated carbocycles. The molecule has 2 atom stereocenters. The van der Waals surface area contributed by atoms with Crippen LogP contribution >= 0.6 is 12.4 Å². The van der Waals surface area contributed by atoms with Crippen LogP contribution in [0.15, 0.2) is 16.5 Å². The van der Waals surface area contributed by atoms with Crippen molar-refractivity contribution in [2.75, 3.05) is 19.7 Å². The third kappa shape index (κ3) is 4.72. The number of hydrogen-bond acceptors (Lipinski definition) is 4. The summed E-state index contributed by atoms with van der Waals surface area (Å²) >= 11 is 0. The van der Waals surface area contributed by atoms with Gasteiger partial charge in [0.2, 0.25) is 5.91 Å². The number of nitrogens with zero attached hydrogens (tertiary/aromatic N) is 1. The molecule has 2 heterocycles. The fourth-order valence-corrected chi connectivity index (χ4v) is 3.56. The van der Waals surface area contributed by atoms with Crippen LogP contribution in [0.4, 0.5) is 0 Å². The lowest BCUT2D eigenvalue weighted by Gasteiger charge is -2.18. The van der Waals surface area contributed by atoms with Gasteiger partial charge in [0, 0.05) is 25.6 Å². The molecular weight excluding hydrogens is 316 g/mol. The third-order valence-corrected chi connectivity index (χ3v) is 4.75. The molecule has 1 amide bonds. The Bertz CT molecular complexity index is 516. The summed E-state index contributed by atoms with van der Waals surface area (Å²) in [5.41, 5.74) is 0. The number of halogens is 1. The highest BCUT2D eigenvalue weighted by Gasteiger charge is 2.43. The van der Waals surface area contributed by atoms with Gasteiger partial charge in [0.15, 0.2) is 0 Å². The van der Waals surface area contributed by atoms with E-state index in [1.54, 1.807) is 0 Å². The number of carbonyl (C=O) groups is 1. The number of furan rings is 1. The van der Waals surface area contributed by atoms with Crippen LogP contribution in [0.1, 0.15) is 37.7 Å². The highest BCUT2D eigenvalue weighted by molar-refractivity contribution is 5.85. The number of aliphatic hydroxyl groups is 1. The lowest BCUT2D eigenvalue weighted by atomic mass is 9.98. The van der Waals surface area contributed by atoms with Crippen molar-refractivity contribution in [1.82, 2.24) is 10.2 Å². The van der Waals surface area contributed by atoms with Crippen LogP contribution in [-0.4, -0.2) is 41.7 Å². The Balaban J connectivity index is 0.00000192. The van der Waals surface area contributed by atoms with E-state index < -0.39 is 6.61 Å². The lowest BCUT2D eigenvalue weighted by Crippen LogP contribution is -2.42. The van der Waals surface area contributed by atoms with E-state index in [1.807, 2.05) is 0 Å². The number of carbonyl (C=O) groups excluding carboxylic acids is 1. The molecule has 1 aromatic heterocycles. The lowest BCUT2D eigenvalue weighted by molar-refractivity contribution is -0.124. The molecule has 0 spiro atoms. The van der Waals surface area contributed by atoms with E-state index in [2.05, 4.69) is 29.3 Å².